The summed E-state index contributed by atoms with van der Waals surface area (Å²) in [6, 6.07) is 53.6. The van der Waals surface area contributed by atoms with E-state index in [9.17, 15) is 0 Å². The van der Waals surface area contributed by atoms with E-state index < -0.39 is 0 Å². The molecule has 0 aliphatic carbocycles. The van der Waals surface area contributed by atoms with Gasteiger partial charge in [0.1, 0.15) is 0 Å². The third kappa shape index (κ3) is 5.18. The number of rotatable bonds is 5. The minimum absolute atomic E-state index is 0.652. The summed E-state index contributed by atoms with van der Waals surface area (Å²) in [6.07, 6.45) is 0. The first kappa shape index (κ1) is 29.2. The first-order valence-electron chi connectivity index (χ1n) is 16.5. The molecule has 3 nitrogen and oxygen atoms in total. The fraction of sp³-hybridized carbons (Fsp3) is 0.0444. The van der Waals surface area contributed by atoms with Crippen molar-refractivity contribution < 1.29 is 0 Å². The van der Waals surface area contributed by atoms with E-state index in [1.165, 1.54) is 53.4 Å². The summed E-state index contributed by atoms with van der Waals surface area (Å²) < 4.78 is 2.48. The number of hydrogen-bond donors (Lipinski definition) is 0. The number of aromatic nitrogens is 3. The Kier molecular flexibility index (Phi) is 7.10. The highest BCUT2D eigenvalue weighted by Gasteiger charge is 2.18. The average molecular weight is 646 g/mol. The van der Waals surface area contributed by atoms with Gasteiger partial charge in [-0.05, 0) is 82.3 Å². The van der Waals surface area contributed by atoms with Crippen LogP contribution in [0.2, 0.25) is 0 Å². The molecule has 0 unspecified atom stereocenters. The highest BCUT2D eigenvalue weighted by Crippen LogP contribution is 2.40. The van der Waals surface area contributed by atoms with Gasteiger partial charge in [0.15, 0.2) is 17.5 Å². The Balaban J connectivity index is 1.24. The molecule has 0 radical (unpaired) electrons. The van der Waals surface area contributed by atoms with Gasteiger partial charge in [0, 0.05) is 36.9 Å². The van der Waals surface area contributed by atoms with Gasteiger partial charge in [0.25, 0.3) is 0 Å². The molecule has 0 saturated carbocycles. The molecule has 0 saturated heterocycles. The Morgan fingerprint density at radius 3 is 1.90 bits per heavy atom. The lowest BCUT2D eigenvalue weighted by Crippen LogP contribution is -2.00. The normalized spacial score (nSPS) is 11.5. The molecule has 49 heavy (non-hydrogen) atoms. The number of benzene rings is 7. The molecule has 9 aromatic rings. The second-order valence-electron chi connectivity index (χ2n) is 12.5. The van der Waals surface area contributed by atoms with Crippen molar-refractivity contribution in [3.05, 3.63) is 163 Å². The van der Waals surface area contributed by atoms with E-state index >= 15 is 0 Å². The van der Waals surface area contributed by atoms with Gasteiger partial charge in [0.2, 0.25) is 0 Å². The lowest BCUT2D eigenvalue weighted by Gasteiger charge is -2.15. The van der Waals surface area contributed by atoms with E-state index in [1.807, 2.05) is 0 Å². The molecular formula is C45H31N3S. The van der Waals surface area contributed by atoms with Crippen molar-refractivity contribution in [2.24, 2.45) is 0 Å². The number of fused-ring (bicyclic) bond motifs is 4. The van der Waals surface area contributed by atoms with Crippen molar-refractivity contribution in [2.45, 2.75) is 13.8 Å². The quantitative estimate of drug-likeness (QED) is 0.187. The average Bonchev–Trinajstić information content (AvgIpc) is 3.54. The SMILES string of the molecule is Cc1ccccc1-c1cccc(-c2cccc(-c3nc(-c4ccc5ccccc5c4)nc(-c4cccc5sc6ccccc6c45)n3)c2)c1C. The molecule has 0 aliphatic heterocycles. The maximum atomic E-state index is 5.21. The van der Waals surface area contributed by atoms with Crippen molar-refractivity contribution in [2.75, 3.05) is 0 Å². The van der Waals surface area contributed by atoms with Gasteiger partial charge in [-0.3, -0.25) is 0 Å². The maximum absolute atomic E-state index is 5.21. The Morgan fingerprint density at radius 2 is 1.02 bits per heavy atom. The third-order valence-electron chi connectivity index (χ3n) is 9.49. The highest BCUT2D eigenvalue weighted by molar-refractivity contribution is 7.25. The van der Waals surface area contributed by atoms with Crippen LogP contribution in [0.15, 0.2) is 152 Å². The van der Waals surface area contributed by atoms with Gasteiger partial charge in [-0.1, -0.05) is 127 Å². The van der Waals surface area contributed by atoms with Crippen LogP contribution >= 0.6 is 11.3 Å². The first-order valence-corrected chi connectivity index (χ1v) is 17.3. The lowest BCUT2D eigenvalue weighted by atomic mass is 9.90. The van der Waals surface area contributed by atoms with Gasteiger partial charge >= 0.3 is 0 Å². The zero-order valence-corrected chi connectivity index (χ0v) is 28.0. The standard InChI is InChI=1S/C45H31N3S/c1-28-12-3-6-17-35(28)37-20-10-19-36(29(37)2)32-15-9-16-33(27-32)43-46-44(34-25-24-30-13-4-5-14-31(30)26-34)48-45(47-43)39-21-11-23-41-42(39)38-18-7-8-22-40(38)49-41/h3-27H,1-2H3. The second kappa shape index (κ2) is 11.9. The number of hydrogen-bond acceptors (Lipinski definition) is 4. The molecule has 7 aromatic carbocycles. The van der Waals surface area contributed by atoms with Crippen LogP contribution in [-0.4, -0.2) is 15.0 Å². The van der Waals surface area contributed by atoms with Crippen LogP contribution in [-0.2, 0) is 0 Å². The van der Waals surface area contributed by atoms with Crippen LogP contribution < -0.4 is 0 Å². The molecule has 0 bridgehead atoms. The lowest BCUT2D eigenvalue weighted by molar-refractivity contribution is 1.08. The largest absolute Gasteiger partial charge is 0.208 e. The zero-order chi connectivity index (χ0) is 32.9. The third-order valence-corrected chi connectivity index (χ3v) is 10.6. The van der Waals surface area contributed by atoms with E-state index in [-0.39, 0.29) is 0 Å². The molecule has 9 rings (SSSR count). The van der Waals surface area contributed by atoms with Gasteiger partial charge in [-0.2, -0.15) is 0 Å². The fourth-order valence-corrected chi connectivity index (χ4v) is 8.12. The summed E-state index contributed by atoms with van der Waals surface area (Å²) in [4.78, 5) is 15.5. The van der Waals surface area contributed by atoms with E-state index in [2.05, 4.69) is 166 Å². The Labute approximate surface area is 289 Å². The minimum Gasteiger partial charge on any atom is -0.208 e. The monoisotopic (exact) mass is 645 g/mol. The Morgan fingerprint density at radius 1 is 0.408 bits per heavy atom. The van der Waals surface area contributed by atoms with Gasteiger partial charge in [-0.25, -0.2) is 15.0 Å². The van der Waals surface area contributed by atoms with Crippen LogP contribution in [0.4, 0.5) is 0 Å². The fourth-order valence-electron chi connectivity index (χ4n) is 6.99. The van der Waals surface area contributed by atoms with E-state index in [1.54, 1.807) is 11.3 Å². The van der Waals surface area contributed by atoms with Crippen LogP contribution in [0, 0.1) is 13.8 Å². The molecule has 2 aromatic heterocycles. The smallest absolute Gasteiger partial charge is 0.164 e. The highest BCUT2D eigenvalue weighted by atomic mass is 32.1. The second-order valence-corrected chi connectivity index (χ2v) is 13.6. The van der Waals surface area contributed by atoms with E-state index in [4.69, 9.17) is 15.0 Å². The van der Waals surface area contributed by atoms with Crippen LogP contribution in [0.25, 0.3) is 87.4 Å². The Bertz CT molecular complexity index is 2700. The van der Waals surface area contributed by atoms with Crippen molar-refractivity contribution in [3.63, 3.8) is 0 Å². The van der Waals surface area contributed by atoms with Crippen LogP contribution in [0.1, 0.15) is 11.1 Å². The van der Waals surface area contributed by atoms with Crippen LogP contribution in [0.3, 0.4) is 0 Å². The molecule has 2 heterocycles. The summed E-state index contributed by atoms with van der Waals surface area (Å²) in [7, 11) is 0. The van der Waals surface area contributed by atoms with Crippen molar-refractivity contribution >= 4 is 42.3 Å². The maximum Gasteiger partial charge on any atom is 0.164 e. The van der Waals surface area contributed by atoms with Crippen LogP contribution in [0.5, 0.6) is 0 Å². The topological polar surface area (TPSA) is 38.7 Å². The zero-order valence-electron chi connectivity index (χ0n) is 27.2. The Hall–Kier alpha value is -5.97. The van der Waals surface area contributed by atoms with Crippen molar-refractivity contribution in [3.8, 4) is 56.4 Å². The number of nitrogens with zero attached hydrogens (tertiary/aromatic N) is 3. The number of thiophene rings is 1. The first-order chi connectivity index (χ1) is 24.1. The summed E-state index contributed by atoms with van der Waals surface area (Å²) in [5.41, 5.74) is 10.3. The molecule has 0 N–H and O–H groups in total. The molecular weight excluding hydrogens is 615 g/mol. The molecule has 0 amide bonds. The van der Waals surface area contributed by atoms with Crippen molar-refractivity contribution in [1.29, 1.82) is 0 Å². The predicted molar refractivity (Wildman–Crippen MR) is 207 cm³/mol. The summed E-state index contributed by atoms with van der Waals surface area (Å²) in [5, 5.41) is 4.74. The summed E-state index contributed by atoms with van der Waals surface area (Å²) in [6.45, 7) is 4.39. The van der Waals surface area contributed by atoms with Gasteiger partial charge < -0.3 is 0 Å². The summed E-state index contributed by atoms with van der Waals surface area (Å²) >= 11 is 1.80. The molecule has 0 aliphatic rings. The predicted octanol–water partition coefficient (Wildman–Crippen LogP) is 12.3. The molecule has 0 fully saturated rings. The summed E-state index contributed by atoms with van der Waals surface area (Å²) in [5.74, 6) is 1.98. The van der Waals surface area contributed by atoms with Gasteiger partial charge in [-0.15, -0.1) is 11.3 Å². The van der Waals surface area contributed by atoms with E-state index in [0.717, 1.165) is 27.6 Å². The number of aryl methyl sites for hydroxylation is 1. The molecule has 0 atom stereocenters. The molecule has 0 spiro atoms. The van der Waals surface area contributed by atoms with Crippen molar-refractivity contribution in [1.82, 2.24) is 15.0 Å². The minimum atomic E-state index is 0.652. The molecule has 4 heteroatoms. The molecule has 232 valence electrons. The van der Waals surface area contributed by atoms with E-state index in [0.29, 0.717) is 17.5 Å². The van der Waals surface area contributed by atoms with Gasteiger partial charge in [0.05, 0.1) is 0 Å².